The number of carboxylic acid groups (broad SMARTS) is 1. The van der Waals surface area contributed by atoms with Crippen LogP contribution in [0.15, 0.2) is 91.0 Å². The number of halogens is 1. The first-order valence-electron chi connectivity index (χ1n) is 14.4. The van der Waals surface area contributed by atoms with Crippen LogP contribution in [0.3, 0.4) is 0 Å². The third kappa shape index (κ3) is 7.47. The van der Waals surface area contributed by atoms with Gasteiger partial charge in [0.1, 0.15) is 23.5 Å². The zero-order chi connectivity index (χ0) is 31.5. The van der Waals surface area contributed by atoms with Gasteiger partial charge in [0.2, 0.25) is 5.91 Å². The van der Waals surface area contributed by atoms with Gasteiger partial charge in [0.05, 0.1) is 12.0 Å². The summed E-state index contributed by atoms with van der Waals surface area (Å²) >= 11 is 6.02. The van der Waals surface area contributed by atoms with Crippen molar-refractivity contribution in [2.75, 3.05) is 0 Å². The summed E-state index contributed by atoms with van der Waals surface area (Å²) < 4.78 is 11.3. The van der Waals surface area contributed by atoms with Gasteiger partial charge in [-0.1, -0.05) is 66.2 Å². The highest BCUT2D eigenvalue weighted by Crippen LogP contribution is 2.34. The number of esters is 1. The summed E-state index contributed by atoms with van der Waals surface area (Å²) in [4.78, 5) is 37.9. The molecular weight excluding hydrogens is 578 g/mol. The molecule has 226 valence electrons. The van der Waals surface area contributed by atoms with Gasteiger partial charge in [0.15, 0.2) is 0 Å². The highest BCUT2D eigenvalue weighted by atomic mass is 35.5. The molecule has 0 spiro atoms. The number of aliphatic carboxylic acids is 1. The zero-order valence-electron chi connectivity index (χ0n) is 24.9. The molecule has 4 aromatic carbocycles. The number of carbonyl (C=O) groups excluding carboxylic acids is 2. The van der Waals surface area contributed by atoms with Gasteiger partial charge in [-0.3, -0.25) is 4.79 Å². The third-order valence-corrected chi connectivity index (χ3v) is 7.66. The molecule has 0 saturated heterocycles. The number of carboxylic acids is 1. The summed E-state index contributed by atoms with van der Waals surface area (Å²) in [7, 11) is 0. The molecule has 0 radical (unpaired) electrons. The van der Waals surface area contributed by atoms with E-state index >= 15 is 0 Å². The molecule has 1 aliphatic rings. The summed E-state index contributed by atoms with van der Waals surface area (Å²) in [5.41, 5.74) is 3.75. The van der Waals surface area contributed by atoms with E-state index in [1.165, 1.54) is 0 Å². The number of nitrogens with one attached hydrogen (secondary N) is 1. The number of carbonyl (C=O) groups is 3. The van der Waals surface area contributed by atoms with Gasteiger partial charge >= 0.3 is 11.9 Å². The number of benzene rings is 4. The first kappa shape index (κ1) is 30.8. The van der Waals surface area contributed by atoms with E-state index in [9.17, 15) is 19.5 Å². The monoisotopic (exact) mass is 611 g/mol. The summed E-state index contributed by atoms with van der Waals surface area (Å²) in [5.74, 6) is -1.22. The Morgan fingerprint density at radius 3 is 2.20 bits per heavy atom. The molecule has 0 bridgehead atoms. The van der Waals surface area contributed by atoms with E-state index in [1.54, 1.807) is 42.5 Å². The quantitative estimate of drug-likeness (QED) is 0.201. The van der Waals surface area contributed by atoms with Crippen LogP contribution in [0.4, 0.5) is 0 Å². The summed E-state index contributed by atoms with van der Waals surface area (Å²) in [6.45, 7) is 5.71. The second kappa shape index (κ2) is 12.5. The molecule has 0 fully saturated rings. The Bertz CT molecular complexity index is 1690. The lowest BCUT2D eigenvalue weighted by Crippen LogP contribution is -2.55. The standard InChI is InChI=1S/C36H34ClNO6/c1-35(2,3)44-33(40)27-6-4-5-24(17-27)22-43-31-15-7-23(8-16-31)18-32(39)38-36(34(41)42)20-28-10-9-26(19-29(28)21-36)25-11-13-30(37)14-12-25/h4-17,19H,18,20-22H2,1-3H3,(H,38,39)(H,41,42). The average Bonchev–Trinajstić information content (AvgIpc) is 3.35. The molecule has 8 heteroatoms. The van der Waals surface area contributed by atoms with Crippen molar-refractivity contribution in [1.29, 1.82) is 0 Å². The first-order valence-corrected chi connectivity index (χ1v) is 14.7. The molecule has 0 heterocycles. The normalized spacial score (nSPS) is 15.7. The molecule has 1 amide bonds. The number of amides is 1. The number of hydrogen-bond donors (Lipinski definition) is 2. The molecule has 44 heavy (non-hydrogen) atoms. The number of hydrogen-bond acceptors (Lipinski definition) is 5. The lowest BCUT2D eigenvalue weighted by atomic mass is 9.95. The topological polar surface area (TPSA) is 102 Å². The molecule has 2 N–H and O–H groups in total. The Hall–Kier alpha value is -4.62. The fraction of sp³-hybridized carbons (Fsp3) is 0.250. The maximum Gasteiger partial charge on any atom is 0.338 e. The zero-order valence-corrected chi connectivity index (χ0v) is 25.6. The van der Waals surface area contributed by atoms with E-state index in [0.29, 0.717) is 16.3 Å². The van der Waals surface area contributed by atoms with Gasteiger partial charge in [-0.15, -0.1) is 0 Å². The van der Waals surface area contributed by atoms with E-state index < -0.39 is 23.1 Å². The Labute approximate surface area is 261 Å². The van der Waals surface area contributed by atoms with Crippen LogP contribution in [-0.2, 0) is 40.2 Å². The smallest absolute Gasteiger partial charge is 0.338 e. The predicted molar refractivity (Wildman–Crippen MR) is 169 cm³/mol. The Kier molecular flexibility index (Phi) is 8.79. The van der Waals surface area contributed by atoms with Crippen LogP contribution in [0.2, 0.25) is 5.02 Å². The second-order valence-electron chi connectivity index (χ2n) is 12.1. The summed E-state index contributed by atoms with van der Waals surface area (Å²) in [5, 5.41) is 13.6. The van der Waals surface area contributed by atoms with E-state index in [0.717, 1.165) is 33.4 Å². The van der Waals surface area contributed by atoms with E-state index in [-0.39, 0.29) is 31.8 Å². The minimum absolute atomic E-state index is 0.0274. The second-order valence-corrected chi connectivity index (χ2v) is 12.5. The van der Waals surface area contributed by atoms with Crippen LogP contribution in [0.5, 0.6) is 5.75 Å². The Morgan fingerprint density at radius 1 is 0.841 bits per heavy atom. The Balaban J connectivity index is 1.18. The van der Waals surface area contributed by atoms with Crippen LogP contribution in [0.1, 0.15) is 53.4 Å². The Morgan fingerprint density at radius 2 is 1.52 bits per heavy atom. The van der Waals surface area contributed by atoms with Crippen molar-refractivity contribution < 1.29 is 29.0 Å². The molecule has 1 aliphatic carbocycles. The first-order chi connectivity index (χ1) is 20.9. The van der Waals surface area contributed by atoms with Gasteiger partial charge in [-0.05, 0) is 90.6 Å². The van der Waals surface area contributed by atoms with Crippen LogP contribution in [0, 0.1) is 0 Å². The highest BCUT2D eigenvalue weighted by molar-refractivity contribution is 6.30. The molecule has 5 rings (SSSR count). The molecular formula is C36H34ClNO6. The third-order valence-electron chi connectivity index (χ3n) is 7.41. The van der Waals surface area contributed by atoms with Crippen molar-refractivity contribution in [3.8, 4) is 16.9 Å². The van der Waals surface area contributed by atoms with Crippen LogP contribution >= 0.6 is 11.6 Å². The fourth-order valence-electron chi connectivity index (χ4n) is 5.28. The average molecular weight is 612 g/mol. The lowest BCUT2D eigenvalue weighted by Gasteiger charge is -2.25. The maximum atomic E-state index is 13.1. The SMILES string of the molecule is CC(C)(C)OC(=O)c1cccc(COc2ccc(CC(=O)NC3(C(=O)O)Cc4ccc(-c5ccc(Cl)cc5)cc4C3)cc2)c1. The highest BCUT2D eigenvalue weighted by Gasteiger charge is 2.45. The molecule has 4 aromatic rings. The van der Waals surface area contributed by atoms with E-state index in [1.807, 2.05) is 69.3 Å². The van der Waals surface area contributed by atoms with Gasteiger partial charge in [-0.2, -0.15) is 0 Å². The molecule has 7 nitrogen and oxygen atoms in total. The number of rotatable bonds is 9. The molecule has 1 atom stereocenters. The summed E-state index contributed by atoms with van der Waals surface area (Å²) in [6.07, 6.45) is 0.443. The van der Waals surface area contributed by atoms with Crippen LogP contribution in [0.25, 0.3) is 11.1 Å². The molecule has 0 aliphatic heterocycles. The van der Waals surface area contributed by atoms with E-state index in [2.05, 4.69) is 5.32 Å². The largest absolute Gasteiger partial charge is 0.489 e. The molecule has 0 aromatic heterocycles. The predicted octanol–water partition coefficient (Wildman–Crippen LogP) is 6.82. The van der Waals surface area contributed by atoms with Crippen molar-refractivity contribution in [2.24, 2.45) is 0 Å². The molecule has 0 saturated carbocycles. The van der Waals surface area contributed by atoms with Crippen molar-refractivity contribution >= 4 is 29.4 Å². The van der Waals surface area contributed by atoms with Crippen LogP contribution in [-0.4, -0.2) is 34.1 Å². The van der Waals surface area contributed by atoms with Gasteiger partial charge < -0.3 is 19.9 Å². The summed E-state index contributed by atoms with van der Waals surface area (Å²) in [6, 6.07) is 27.5. The fourth-order valence-corrected chi connectivity index (χ4v) is 5.41. The van der Waals surface area contributed by atoms with E-state index in [4.69, 9.17) is 21.1 Å². The maximum absolute atomic E-state index is 13.1. The number of fused-ring (bicyclic) bond motifs is 1. The van der Waals surface area contributed by atoms with Crippen LogP contribution < -0.4 is 10.1 Å². The van der Waals surface area contributed by atoms with Crippen molar-refractivity contribution in [1.82, 2.24) is 5.32 Å². The van der Waals surface area contributed by atoms with Gasteiger partial charge in [-0.25, -0.2) is 9.59 Å². The molecule has 1 unspecified atom stereocenters. The van der Waals surface area contributed by atoms with Crippen molar-refractivity contribution in [2.45, 2.75) is 57.8 Å². The lowest BCUT2D eigenvalue weighted by molar-refractivity contribution is -0.147. The minimum atomic E-state index is -1.41. The number of ether oxygens (including phenoxy) is 2. The van der Waals surface area contributed by atoms with Gasteiger partial charge in [0.25, 0.3) is 0 Å². The van der Waals surface area contributed by atoms with Crippen molar-refractivity contribution in [3.63, 3.8) is 0 Å². The van der Waals surface area contributed by atoms with Crippen molar-refractivity contribution in [3.05, 3.63) is 124 Å². The van der Waals surface area contributed by atoms with Gasteiger partial charge in [0, 0.05) is 17.9 Å². The minimum Gasteiger partial charge on any atom is -0.489 e.